The minimum Gasteiger partial charge on any atom is -0.507 e. The summed E-state index contributed by atoms with van der Waals surface area (Å²) in [5, 5.41) is 35.1. The number of carbonyl (C=O) groups excluding carboxylic acids is 2. The molecule has 0 spiro atoms. The SMILES string of the molecule is CC/C(=C\c1ccccc1O)CC[C@@H](O)C1=C(CO[Si](c2ccccc2)(c2ccccc2)C(C)(C)C)C[C@H]2C(=O)N(c3cc(C(F)(F)F)cc(C(F)(F)F)c3)C(=O)[C@H]2[C@H]1CO. The topological polar surface area (TPSA) is 107 Å². The molecule has 1 aliphatic heterocycles. The minimum absolute atomic E-state index is 0.0650. The number of rotatable bonds is 13. The number of para-hydroxylation sites is 1. The summed E-state index contributed by atoms with van der Waals surface area (Å²) in [7, 11) is -3.29. The monoisotopic (exact) mass is 865 g/mol. The molecule has 61 heavy (non-hydrogen) atoms. The Morgan fingerprint density at radius 3 is 1.87 bits per heavy atom. The third kappa shape index (κ3) is 9.13. The van der Waals surface area contributed by atoms with E-state index in [9.17, 15) is 51.3 Å². The number of aliphatic hydroxyl groups excluding tert-OH is 2. The average molecular weight is 866 g/mol. The van der Waals surface area contributed by atoms with Gasteiger partial charge >= 0.3 is 12.4 Å². The molecule has 1 saturated heterocycles. The first-order valence-electron chi connectivity index (χ1n) is 20.1. The second kappa shape index (κ2) is 17.8. The Morgan fingerprint density at radius 2 is 1.38 bits per heavy atom. The van der Waals surface area contributed by atoms with E-state index in [0.717, 1.165) is 15.9 Å². The van der Waals surface area contributed by atoms with Crippen LogP contribution in [-0.4, -0.2) is 54.8 Å². The summed E-state index contributed by atoms with van der Waals surface area (Å²) in [6, 6.07) is 26.7. The molecule has 4 atom stereocenters. The van der Waals surface area contributed by atoms with Gasteiger partial charge in [0.25, 0.3) is 8.32 Å². The normalized spacial score (nSPS) is 19.7. The van der Waals surface area contributed by atoms with Gasteiger partial charge in [-0.3, -0.25) is 9.59 Å². The summed E-state index contributed by atoms with van der Waals surface area (Å²) in [5.41, 5.74) is -2.19. The van der Waals surface area contributed by atoms with E-state index in [1.807, 2.05) is 73.7 Å². The number of hydrogen-bond donors (Lipinski definition) is 3. The van der Waals surface area contributed by atoms with Crippen LogP contribution in [0.5, 0.6) is 5.75 Å². The smallest absolute Gasteiger partial charge is 0.416 e. The van der Waals surface area contributed by atoms with Gasteiger partial charge in [0.1, 0.15) is 5.75 Å². The summed E-state index contributed by atoms with van der Waals surface area (Å²) in [5.74, 6) is -5.98. The maximum atomic E-state index is 14.4. The number of aliphatic hydroxyl groups is 2. The molecule has 2 amide bonds. The van der Waals surface area contributed by atoms with Crippen molar-refractivity contribution >= 4 is 42.3 Å². The van der Waals surface area contributed by atoms with Gasteiger partial charge in [0.2, 0.25) is 11.8 Å². The molecule has 0 unspecified atom stereocenters. The molecule has 3 N–H and O–H groups in total. The van der Waals surface area contributed by atoms with Crippen molar-refractivity contribution in [2.45, 2.75) is 76.9 Å². The number of allylic oxidation sites excluding steroid dienone is 1. The summed E-state index contributed by atoms with van der Waals surface area (Å²) < 4.78 is 91.1. The number of phenolic OH excluding ortho intramolecular Hbond substituents is 1. The number of phenols is 1. The number of halogens is 6. The number of carbonyl (C=O) groups is 2. The van der Waals surface area contributed by atoms with E-state index < -0.39 is 84.8 Å². The maximum absolute atomic E-state index is 14.4. The molecule has 2 aliphatic rings. The van der Waals surface area contributed by atoms with Crippen LogP contribution in [0.15, 0.2) is 120 Å². The highest BCUT2D eigenvalue weighted by atomic mass is 28.4. The third-order valence-corrected chi connectivity index (χ3v) is 16.9. The lowest BCUT2D eigenvalue weighted by Crippen LogP contribution is -2.66. The second-order valence-electron chi connectivity index (χ2n) is 16.7. The molecule has 0 bridgehead atoms. The fourth-order valence-electron chi connectivity index (χ4n) is 9.03. The van der Waals surface area contributed by atoms with Crippen molar-refractivity contribution in [3.05, 3.63) is 137 Å². The van der Waals surface area contributed by atoms with E-state index in [2.05, 4.69) is 20.8 Å². The van der Waals surface area contributed by atoms with Crippen LogP contribution in [0.3, 0.4) is 0 Å². The van der Waals surface area contributed by atoms with Crippen molar-refractivity contribution in [3.8, 4) is 5.75 Å². The van der Waals surface area contributed by atoms with Crippen LogP contribution in [0.25, 0.3) is 6.08 Å². The van der Waals surface area contributed by atoms with Gasteiger partial charge in [0, 0.05) is 11.5 Å². The zero-order valence-corrected chi connectivity index (χ0v) is 35.2. The molecule has 0 radical (unpaired) electrons. The molecule has 0 saturated carbocycles. The molecule has 4 aromatic rings. The molecule has 1 heterocycles. The van der Waals surface area contributed by atoms with E-state index >= 15 is 0 Å². The lowest BCUT2D eigenvalue weighted by molar-refractivity contribution is -0.143. The Balaban J connectivity index is 1.46. The van der Waals surface area contributed by atoms with Gasteiger partial charge in [-0.05, 0) is 76.5 Å². The summed E-state index contributed by atoms with van der Waals surface area (Å²) in [6.45, 7) is 7.15. The van der Waals surface area contributed by atoms with Crippen LogP contribution in [0, 0.1) is 17.8 Å². The Bertz CT molecular complexity index is 2210. The standard InChI is InChI=1S/C47H49F6NO6Si/c1-5-29(22-30-14-12-13-19-39(30)56)20-21-40(57)41-31(28-60-61(45(2,3)4,35-15-8-6-9-16-35)36-17-10-7-11-18-36)23-37-42(38(41)27-55)44(59)54(43(37)58)34-25-32(46(48,49)50)24-33(26-34)47(51,52)53/h6-19,22,24-26,37-38,40,42,55-57H,5,20-21,23,27-28H2,1-4H3/b29-22+/t37-,38+,40-,42-/m1/s1. The Morgan fingerprint density at radius 1 is 0.836 bits per heavy atom. The molecule has 4 aromatic carbocycles. The number of hydrogen-bond acceptors (Lipinski definition) is 6. The first-order valence-corrected chi connectivity index (χ1v) is 22.0. The van der Waals surface area contributed by atoms with Crippen LogP contribution in [0.4, 0.5) is 32.0 Å². The zero-order valence-electron chi connectivity index (χ0n) is 34.2. The van der Waals surface area contributed by atoms with Crippen LogP contribution in [-0.2, 0) is 26.4 Å². The minimum atomic E-state index is -5.24. The van der Waals surface area contributed by atoms with E-state index in [0.29, 0.717) is 41.0 Å². The van der Waals surface area contributed by atoms with Gasteiger partial charge in [-0.1, -0.05) is 118 Å². The number of anilines is 1. The molecule has 6 rings (SSSR count). The first kappa shape index (κ1) is 45.5. The number of amides is 2. The fraction of sp³-hybridized carbons (Fsp3) is 0.362. The number of benzene rings is 4. The van der Waals surface area contributed by atoms with Gasteiger partial charge in [-0.15, -0.1) is 0 Å². The number of alkyl halides is 6. The molecular weight excluding hydrogens is 817 g/mol. The number of fused-ring (bicyclic) bond motifs is 1. The van der Waals surface area contributed by atoms with Crippen LogP contribution >= 0.6 is 0 Å². The molecular formula is C47H49F6NO6Si. The lowest BCUT2D eigenvalue weighted by atomic mass is 9.68. The quantitative estimate of drug-likeness (QED) is 0.0536. The summed E-state index contributed by atoms with van der Waals surface area (Å²) in [6.07, 6.45) is -9.26. The predicted octanol–water partition coefficient (Wildman–Crippen LogP) is 9.06. The fourth-order valence-corrected chi connectivity index (χ4v) is 13.6. The Labute approximate surface area is 352 Å². The average Bonchev–Trinajstić information content (AvgIpc) is 3.47. The van der Waals surface area contributed by atoms with Crippen molar-refractivity contribution < 1.29 is 55.7 Å². The largest absolute Gasteiger partial charge is 0.507 e. The van der Waals surface area contributed by atoms with Crippen molar-refractivity contribution in [2.24, 2.45) is 17.8 Å². The van der Waals surface area contributed by atoms with Crippen LogP contribution in [0.2, 0.25) is 5.04 Å². The highest BCUT2D eigenvalue weighted by Gasteiger charge is 2.57. The van der Waals surface area contributed by atoms with E-state index in [1.54, 1.807) is 24.3 Å². The van der Waals surface area contributed by atoms with Gasteiger partial charge in [0.15, 0.2) is 0 Å². The van der Waals surface area contributed by atoms with Gasteiger partial charge in [0.05, 0.1) is 48.0 Å². The Kier molecular flexibility index (Phi) is 13.2. The van der Waals surface area contributed by atoms with E-state index in [1.165, 1.54) is 0 Å². The van der Waals surface area contributed by atoms with Gasteiger partial charge in [-0.2, -0.15) is 26.3 Å². The van der Waals surface area contributed by atoms with Gasteiger partial charge < -0.3 is 19.7 Å². The van der Waals surface area contributed by atoms with Crippen molar-refractivity contribution in [2.75, 3.05) is 18.1 Å². The van der Waals surface area contributed by atoms with Crippen molar-refractivity contribution in [1.82, 2.24) is 0 Å². The Hall–Kier alpha value is -5.02. The highest BCUT2D eigenvalue weighted by Crippen LogP contribution is 2.49. The molecule has 7 nitrogen and oxygen atoms in total. The van der Waals surface area contributed by atoms with E-state index in [-0.39, 0.29) is 36.8 Å². The van der Waals surface area contributed by atoms with E-state index in [4.69, 9.17) is 4.43 Å². The maximum Gasteiger partial charge on any atom is 0.416 e. The zero-order chi connectivity index (χ0) is 44.5. The molecule has 1 aliphatic carbocycles. The van der Waals surface area contributed by atoms with Gasteiger partial charge in [-0.25, -0.2) is 4.90 Å². The lowest BCUT2D eigenvalue weighted by Gasteiger charge is -2.44. The van der Waals surface area contributed by atoms with Crippen molar-refractivity contribution in [3.63, 3.8) is 0 Å². The number of imide groups is 1. The second-order valence-corrected chi connectivity index (χ2v) is 21.0. The first-order chi connectivity index (χ1) is 28.7. The summed E-state index contributed by atoms with van der Waals surface area (Å²) in [4.78, 5) is 29.0. The van der Waals surface area contributed by atoms with Crippen LogP contribution in [0.1, 0.15) is 70.1 Å². The molecule has 324 valence electrons. The third-order valence-electron chi connectivity index (χ3n) is 11.9. The highest BCUT2D eigenvalue weighted by molar-refractivity contribution is 6.99. The number of aromatic hydroxyl groups is 1. The molecule has 14 heteroatoms. The number of nitrogens with zero attached hydrogens (tertiary/aromatic N) is 1. The predicted molar refractivity (Wildman–Crippen MR) is 223 cm³/mol. The van der Waals surface area contributed by atoms with Crippen molar-refractivity contribution in [1.29, 1.82) is 0 Å². The molecule has 0 aromatic heterocycles. The summed E-state index contributed by atoms with van der Waals surface area (Å²) >= 11 is 0. The van der Waals surface area contributed by atoms with Crippen LogP contribution < -0.4 is 15.3 Å². The molecule has 1 fully saturated rings.